The second kappa shape index (κ2) is 5.12. The van der Waals surface area contributed by atoms with Crippen LogP contribution in [0.15, 0.2) is 53.0 Å². The fraction of sp³-hybridized carbons (Fsp3) is 0.200. The SMILES string of the molecule is Brc1ccc(NC2COCc3ccccc32)cc1. The molecule has 1 unspecified atom stereocenters. The first kappa shape index (κ1) is 11.8. The Morgan fingerprint density at radius 2 is 1.83 bits per heavy atom. The van der Waals surface area contributed by atoms with Crippen LogP contribution in [0.3, 0.4) is 0 Å². The van der Waals surface area contributed by atoms with Crippen LogP contribution in [0.2, 0.25) is 0 Å². The van der Waals surface area contributed by atoms with Crippen LogP contribution >= 0.6 is 15.9 Å². The molecule has 0 amide bonds. The summed E-state index contributed by atoms with van der Waals surface area (Å²) in [5.74, 6) is 0. The summed E-state index contributed by atoms with van der Waals surface area (Å²) in [6.45, 7) is 1.43. The smallest absolute Gasteiger partial charge is 0.0751 e. The van der Waals surface area contributed by atoms with E-state index in [4.69, 9.17) is 4.74 Å². The molecule has 3 heteroatoms. The van der Waals surface area contributed by atoms with Crippen molar-refractivity contribution >= 4 is 21.6 Å². The highest BCUT2D eigenvalue weighted by Gasteiger charge is 2.19. The van der Waals surface area contributed by atoms with Gasteiger partial charge in [-0.1, -0.05) is 40.2 Å². The van der Waals surface area contributed by atoms with Crippen LogP contribution < -0.4 is 5.32 Å². The Bertz CT molecular complexity index is 538. The van der Waals surface area contributed by atoms with Crippen molar-refractivity contribution in [2.75, 3.05) is 11.9 Å². The fourth-order valence-corrected chi connectivity index (χ4v) is 2.51. The van der Waals surface area contributed by atoms with Gasteiger partial charge in [-0.15, -0.1) is 0 Å². The molecule has 3 rings (SSSR count). The van der Waals surface area contributed by atoms with Crippen molar-refractivity contribution < 1.29 is 4.74 Å². The first-order chi connectivity index (χ1) is 8.83. The minimum Gasteiger partial charge on any atom is -0.376 e. The predicted molar refractivity (Wildman–Crippen MR) is 76.6 cm³/mol. The normalized spacial score (nSPS) is 18.2. The maximum Gasteiger partial charge on any atom is 0.0751 e. The van der Waals surface area contributed by atoms with E-state index in [-0.39, 0.29) is 6.04 Å². The second-order valence-corrected chi connectivity index (χ2v) is 5.33. The van der Waals surface area contributed by atoms with Crippen LogP contribution in [-0.2, 0) is 11.3 Å². The molecule has 0 aromatic heterocycles. The van der Waals surface area contributed by atoms with E-state index in [9.17, 15) is 0 Å². The summed E-state index contributed by atoms with van der Waals surface area (Å²) in [5, 5.41) is 3.52. The van der Waals surface area contributed by atoms with Gasteiger partial charge in [-0.3, -0.25) is 0 Å². The number of rotatable bonds is 2. The van der Waals surface area contributed by atoms with Crippen LogP contribution in [0, 0.1) is 0 Å². The van der Waals surface area contributed by atoms with E-state index in [0.717, 1.165) is 10.2 Å². The number of hydrogen-bond donors (Lipinski definition) is 1. The fourth-order valence-electron chi connectivity index (χ4n) is 2.25. The summed E-state index contributed by atoms with van der Waals surface area (Å²) in [5.41, 5.74) is 3.73. The maximum atomic E-state index is 5.63. The van der Waals surface area contributed by atoms with Crippen LogP contribution in [0.25, 0.3) is 0 Å². The quantitative estimate of drug-likeness (QED) is 0.900. The minimum atomic E-state index is 0.233. The molecule has 2 aromatic carbocycles. The number of hydrogen-bond acceptors (Lipinski definition) is 2. The number of halogens is 1. The van der Waals surface area contributed by atoms with Crippen molar-refractivity contribution in [2.24, 2.45) is 0 Å². The average Bonchev–Trinajstić information content (AvgIpc) is 2.42. The number of fused-ring (bicyclic) bond motifs is 1. The third kappa shape index (κ3) is 2.42. The average molecular weight is 304 g/mol. The van der Waals surface area contributed by atoms with Crippen molar-refractivity contribution in [1.29, 1.82) is 0 Å². The first-order valence-electron chi connectivity index (χ1n) is 6.00. The summed E-state index contributed by atoms with van der Waals surface area (Å²) in [4.78, 5) is 0. The van der Waals surface area contributed by atoms with Gasteiger partial charge in [0.2, 0.25) is 0 Å². The number of anilines is 1. The highest BCUT2D eigenvalue weighted by molar-refractivity contribution is 9.10. The third-order valence-corrected chi connectivity index (χ3v) is 3.69. The monoisotopic (exact) mass is 303 g/mol. The van der Waals surface area contributed by atoms with Gasteiger partial charge in [0.05, 0.1) is 19.3 Å². The molecule has 0 spiro atoms. The highest BCUT2D eigenvalue weighted by atomic mass is 79.9. The third-order valence-electron chi connectivity index (χ3n) is 3.16. The first-order valence-corrected chi connectivity index (χ1v) is 6.80. The molecule has 0 fully saturated rings. The van der Waals surface area contributed by atoms with Crippen molar-refractivity contribution in [3.63, 3.8) is 0 Å². The lowest BCUT2D eigenvalue weighted by Crippen LogP contribution is -2.23. The summed E-state index contributed by atoms with van der Waals surface area (Å²) in [7, 11) is 0. The van der Waals surface area contributed by atoms with E-state index >= 15 is 0 Å². The molecule has 1 aliphatic heterocycles. The Balaban J connectivity index is 1.84. The van der Waals surface area contributed by atoms with Crippen molar-refractivity contribution in [3.8, 4) is 0 Å². The molecule has 1 heterocycles. The molecule has 1 atom stereocenters. The largest absolute Gasteiger partial charge is 0.376 e. The molecule has 0 bridgehead atoms. The van der Waals surface area contributed by atoms with Crippen molar-refractivity contribution in [1.82, 2.24) is 0 Å². The lowest BCUT2D eigenvalue weighted by Gasteiger charge is -2.27. The Hall–Kier alpha value is -1.32. The Morgan fingerprint density at radius 3 is 2.67 bits per heavy atom. The zero-order valence-corrected chi connectivity index (χ0v) is 11.5. The van der Waals surface area contributed by atoms with Crippen LogP contribution in [0.1, 0.15) is 17.2 Å². The number of nitrogens with one attached hydrogen (secondary N) is 1. The standard InChI is InChI=1S/C15H14BrNO/c16-12-5-7-13(8-6-12)17-15-10-18-9-11-3-1-2-4-14(11)15/h1-8,15,17H,9-10H2. The van der Waals surface area contributed by atoms with Crippen LogP contribution in [0.5, 0.6) is 0 Å². The van der Waals surface area contributed by atoms with Gasteiger partial charge in [0, 0.05) is 10.2 Å². The molecule has 1 N–H and O–H groups in total. The molecule has 0 radical (unpaired) electrons. The highest BCUT2D eigenvalue weighted by Crippen LogP contribution is 2.28. The van der Waals surface area contributed by atoms with Crippen molar-refractivity contribution in [3.05, 3.63) is 64.1 Å². The van der Waals surface area contributed by atoms with Crippen molar-refractivity contribution in [2.45, 2.75) is 12.6 Å². The Labute approximate surface area is 115 Å². The van der Waals surface area contributed by atoms with Crippen LogP contribution in [0.4, 0.5) is 5.69 Å². The predicted octanol–water partition coefficient (Wildman–Crippen LogP) is 4.13. The lowest BCUT2D eigenvalue weighted by molar-refractivity contribution is 0.0970. The topological polar surface area (TPSA) is 21.3 Å². The molecule has 92 valence electrons. The molecular formula is C15H14BrNO. The maximum absolute atomic E-state index is 5.63. The Kier molecular flexibility index (Phi) is 3.35. The molecule has 0 aliphatic carbocycles. The van der Waals surface area contributed by atoms with Crippen LogP contribution in [-0.4, -0.2) is 6.61 Å². The van der Waals surface area contributed by atoms with E-state index in [1.165, 1.54) is 11.1 Å². The number of benzene rings is 2. The molecular weight excluding hydrogens is 290 g/mol. The minimum absolute atomic E-state index is 0.233. The van der Waals surface area contributed by atoms with Gasteiger partial charge in [-0.2, -0.15) is 0 Å². The van der Waals surface area contributed by atoms with E-state index in [1.54, 1.807) is 0 Å². The molecule has 18 heavy (non-hydrogen) atoms. The Morgan fingerprint density at radius 1 is 1.06 bits per heavy atom. The van der Waals surface area contributed by atoms with E-state index in [1.807, 2.05) is 12.1 Å². The van der Waals surface area contributed by atoms with E-state index < -0.39 is 0 Å². The molecule has 0 saturated heterocycles. The summed E-state index contributed by atoms with van der Waals surface area (Å²) in [6, 6.07) is 16.9. The lowest BCUT2D eigenvalue weighted by atomic mass is 9.99. The van der Waals surface area contributed by atoms with Gasteiger partial charge in [0.25, 0.3) is 0 Å². The van der Waals surface area contributed by atoms with Gasteiger partial charge in [-0.25, -0.2) is 0 Å². The van der Waals surface area contributed by atoms with Gasteiger partial charge >= 0.3 is 0 Å². The van der Waals surface area contributed by atoms with E-state index in [0.29, 0.717) is 13.2 Å². The number of ether oxygens (including phenoxy) is 1. The van der Waals surface area contributed by atoms with E-state index in [2.05, 4.69) is 57.6 Å². The summed E-state index contributed by atoms with van der Waals surface area (Å²) in [6.07, 6.45) is 0. The summed E-state index contributed by atoms with van der Waals surface area (Å²) >= 11 is 3.44. The van der Waals surface area contributed by atoms with Gasteiger partial charge < -0.3 is 10.1 Å². The molecule has 0 saturated carbocycles. The molecule has 1 aliphatic rings. The van der Waals surface area contributed by atoms with Gasteiger partial charge in [-0.05, 0) is 35.4 Å². The molecule has 2 nitrogen and oxygen atoms in total. The zero-order valence-electron chi connectivity index (χ0n) is 9.90. The summed E-state index contributed by atoms with van der Waals surface area (Å²) < 4.78 is 6.72. The zero-order chi connectivity index (χ0) is 12.4. The second-order valence-electron chi connectivity index (χ2n) is 4.42. The van der Waals surface area contributed by atoms with Gasteiger partial charge in [0.1, 0.15) is 0 Å². The molecule has 2 aromatic rings. The van der Waals surface area contributed by atoms with Gasteiger partial charge in [0.15, 0.2) is 0 Å².